The Morgan fingerprint density at radius 1 is 0.682 bits per heavy atom. The van der Waals surface area contributed by atoms with Crippen LogP contribution in [0.1, 0.15) is 22.7 Å². The fraction of sp³-hybridized carbons (Fsp3) is 0.0500. The molecule has 0 bridgehead atoms. The van der Waals surface area contributed by atoms with Gasteiger partial charge in [-0.15, -0.1) is 0 Å². The molecule has 1 aliphatic heterocycles. The van der Waals surface area contributed by atoms with Crippen LogP contribution in [0, 0.1) is 0 Å². The van der Waals surface area contributed by atoms with Gasteiger partial charge in [0.25, 0.3) is 0 Å². The molecule has 0 amide bonds. The van der Waals surface area contributed by atoms with Crippen LogP contribution in [0.25, 0.3) is 0 Å². The Hall–Kier alpha value is -2.87. The van der Waals surface area contributed by atoms with Crippen LogP contribution in [-0.4, -0.2) is 5.84 Å². The first-order chi connectivity index (χ1) is 10.9. The maximum Gasteiger partial charge on any atom is 0.133 e. The van der Waals surface area contributed by atoms with Crippen molar-refractivity contribution in [2.45, 2.75) is 6.04 Å². The molecule has 0 saturated carbocycles. The molecule has 0 spiro atoms. The SMILES string of the molecule is c1ccc(C2=NC(c3ccccc3)c3ccccc3N2)cc1. The predicted molar refractivity (Wildman–Crippen MR) is 91.3 cm³/mol. The van der Waals surface area contributed by atoms with Crippen molar-refractivity contribution in [2.24, 2.45) is 4.99 Å². The zero-order chi connectivity index (χ0) is 14.8. The Morgan fingerprint density at radius 3 is 2.09 bits per heavy atom. The molecule has 2 heteroatoms. The Labute approximate surface area is 130 Å². The first kappa shape index (κ1) is 12.8. The van der Waals surface area contributed by atoms with Crippen LogP contribution in [-0.2, 0) is 0 Å². The molecule has 1 unspecified atom stereocenters. The molecular weight excluding hydrogens is 268 g/mol. The second kappa shape index (κ2) is 5.49. The van der Waals surface area contributed by atoms with E-state index in [1.54, 1.807) is 0 Å². The van der Waals surface area contributed by atoms with Gasteiger partial charge in [-0.2, -0.15) is 0 Å². The summed E-state index contributed by atoms with van der Waals surface area (Å²) >= 11 is 0. The van der Waals surface area contributed by atoms with Gasteiger partial charge >= 0.3 is 0 Å². The van der Waals surface area contributed by atoms with Crippen molar-refractivity contribution in [2.75, 3.05) is 5.32 Å². The van der Waals surface area contributed by atoms with E-state index in [1.807, 2.05) is 24.3 Å². The minimum atomic E-state index is 0.0360. The topological polar surface area (TPSA) is 24.4 Å². The summed E-state index contributed by atoms with van der Waals surface area (Å²) in [5.41, 5.74) is 4.67. The summed E-state index contributed by atoms with van der Waals surface area (Å²) in [5, 5.41) is 3.46. The standard InChI is InChI=1S/C20H16N2/c1-3-9-15(10-4-1)19-17-13-7-8-14-18(17)21-20(22-19)16-11-5-2-6-12-16/h1-14,19H,(H,21,22). The number of amidine groups is 1. The van der Waals surface area contributed by atoms with E-state index in [1.165, 1.54) is 11.1 Å². The number of nitrogens with zero attached hydrogens (tertiary/aromatic N) is 1. The summed E-state index contributed by atoms with van der Waals surface area (Å²) in [6.45, 7) is 0. The number of rotatable bonds is 2. The van der Waals surface area contributed by atoms with Gasteiger partial charge in [0.05, 0.1) is 0 Å². The molecule has 3 aromatic rings. The number of anilines is 1. The Balaban J connectivity index is 1.85. The maximum atomic E-state index is 4.97. The number of nitrogens with one attached hydrogen (secondary N) is 1. The van der Waals surface area contributed by atoms with Gasteiger partial charge in [-0.05, 0) is 11.6 Å². The van der Waals surface area contributed by atoms with Gasteiger partial charge in [0.2, 0.25) is 0 Å². The minimum Gasteiger partial charge on any atom is -0.340 e. The van der Waals surface area contributed by atoms with E-state index < -0.39 is 0 Å². The van der Waals surface area contributed by atoms with E-state index >= 15 is 0 Å². The van der Waals surface area contributed by atoms with Crippen LogP contribution >= 0.6 is 0 Å². The summed E-state index contributed by atoms with van der Waals surface area (Å²) in [6.07, 6.45) is 0. The third-order valence-corrected chi connectivity index (χ3v) is 3.93. The Bertz CT molecular complexity index is 807. The van der Waals surface area contributed by atoms with Gasteiger partial charge in [0.15, 0.2) is 0 Å². The van der Waals surface area contributed by atoms with E-state index in [0.29, 0.717) is 0 Å². The molecule has 0 fully saturated rings. The summed E-state index contributed by atoms with van der Waals surface area (Å²) in [4.78, 5) is 4.97. The summed E-state index contributed by atoms with van der Waals surface area (Å²) < 4.78 is 0. The highest BCUT2D eigenvalue weighted by Gasteiger charge is 2.22. The van der Waals surface area contributed by atoms with Crippen LogP contribution in [0.15, 0.2) is 89.9 Å². The molecule has 4 rings (SSSR count). The molecule has 0 saturated heterocycles. The molecule has 2 nitrogen and oxygen atoms in total. The number of fused-ring (bicyclic) bond motifs is 1. The van der Waals surface area contributed by atoms with Gasteiger partial charge in [-0.3, -0.25) is 4.99 Å². The Morgan fingerprint density at radius 2 is 1.32 bits per heavy atom. The molecule has 106 valence electrons. The molecule has 0 radical (unpaired) electrons. The van der Waals surface area contributed by atoms with E-state index in [9.17, 15) is 0 Å². The van der Waals surface area contributed by atoms with Crippen LogP contribution in [0.5, 0.6) is 0 Å². The molecule has 1 heterocycles. The minimum absolute atomic E-state index is 0.0360. The largest absolute Gasteiger partial charge is 0.340 e. The molecule has 1 N–H and O–H groups in total. The van der Waals surface area contributed by atoms with Crippen molar-refractivity contribution in [3.63, 3.8) is 0 Å². The molecule has 0 aromatic heterocycles. The highest BCUT2D eigenvalue weighted by atomic mass is 15.0. The lowest BCUT2D eigenvalue weighted by molar-refractivity contribution is 0.863. The number of hydrogen-bond acceptors (Lipinski definition) is 2. The summed E-state index contributed by atoms with van der Waals surface area (Å²) in [5.74, 6) is 0.924. The lowest BCUT2D eigenvalue weighted by atomic mass is 9.95. The predicted octanol–water partition coefficient (Wildman–Crippen LogP) is 4.65. The third-order valence-electron chi connectivity index (χ3n) is 3.93. The lowest BCUT2D eigenvalue weighted by Crippen LogP contribution is -2.21. The van der Waals surface area contributed by atoms with Crippen LogP contribution in [0.4, 0.5) is 5.69 Å². The van der Waals surface area contributed by atoms with Crippen molar-refractivity contribution < 1.29 is 0 Å². The molecule has 3 aromatic carbocycles. The highest BCUT2D eigenvalue weighted by molar-refractivity contribution is 6.10. The third kappa shape index (κ3) is 2.29. The van der Waals surface area contributed by atoms with Crippen molar-refractivity contribution in [1.29, 1.82) is 0 Å². The van der Waals surface area contributed by atoms with Gasteiger partial charge in [0.1, 0.15) is 11.9 Å². The number of para-hydroxylation sites is 1. The first-order valence-corrected chi connectivity index (χ1v) is 7.46. The van der Waals surface area contributed by atoms with E-state index in [0.717, 1.165) is 17.1 Å². The van der Waals surface area contributed by atoms with Crippen LogP contribution < -0.4 is 5.32 Å². The van der Waals surface area contributed by atoms with Gasteiger partial charge in [0, 0.05) is 16.8 Å². The molecule has 0 aliphatic carbocycles. The number of benzene rings is 3. The van der Waals surface area contributed by atoms with E-state index in [-0.39, 0.29) is 6.04 Å². The maximum absolute atomic E-state index is 4.97. The monoisotopic (exact) mass is 284 g/mol. The Kier molecular flexibility index (Phi) is 3.20. The fourth-order valence-corrected chi connectivity index (χ4v) is 2.84. The van der Waals surface area contributed by atoms with E-state index in [2.05, 4.69) is 66.0 Å². The van der Waals surface area contributed by atoms with Gasteiger partial charge in [-0.1, -0.05) is 78.9 Å². The molecule has 22 heavy (non-hydrogen) atoms. The average Bonchev–Trinajstić information content (AvgIpc) is 2.62. The zero-order valence-electron chi connectivity index (χ0n) is 12.1. The van der Waals surface area contributed by atoms with E-state index in [4.69, 9.17) is 4.99 Å². The zero-order valence-corrected chi connectivity index (χ0v) is 12.1. The summed E-state index contributed by atoms with van der Waals surface area (Å²) in [6, 6.07) is 29.1. The second-order valence-corrected chi connectivity index (χ2v) is 5.37. The summed E-state index contributed by atoms with van der Waals surface area (Å²) in [7, 11) is 0. The normalized spacial score (nSPS) is 16.4. The lowest BCUT2D eigenvalue weighted by Gasteiger charge is -2.25. The second-order valence-electron chi connectivity index (χ2n) is 5.37. The average molecular weight is 284 g/mol. The molecule has 1 atom stereocenters. The quantitative estimate of drug-likeness (QED) is 0.728. The fourth-order valence-electron chi connectivity index (χ4n) is 2.84. The molecule has 1 aliphatic rings. The van der Waals surface area contributed by atoms with Crippen molar-refractivity contribution in [3.05, 3.63) is 102 Å². The van der Waals surface area contributed by atoms with Gasteiger partial charge in [-0.25, -0.2) is 0 Å². The van der Waals surface area contributed by atoms with Gasteiger partial charge < -0.3 is 5.32 Å². The van der Waals surface area contributed by atoms with Crippen molar-refractivity contribution >= 4 is 11.5 Å². The molecular formula is C20H16N2. The van der Waals surface area contributed by atoms with Crippen molar-refractivity contribution in [1.82, 2.24) is 0 Å². The van der Waals surface area contributed by atoms with Crippen LogP contribution in [0.3, 0.4) is 0 Å². The first-order valence-electron chi connectivity index (χ1n) is 7.46. The van der Waals surface area contributed by atoms with Crippen LogP contribution in [0.2, 0.25) is 0 Å². The number of hydrogen-bond donors (Lipinski definition) is 1. The smallest absolute Gasteiger partial charge is 0.133 e. The van der Waals surface area contributed by atoms with Crippen molar-refractivity contribution in [3.8, 4) is 0 Å². The highest BCUT2D eigenvalue weighted by Crippen LogP contribution is 2.35. The number of aliphatic imine (C=N–C) groups is 1.